The molecule has 1 aromatic rings. The molecule has 1 aromatic carbocycles. The molecule has 0 unspecified atom stereocenters. The smallest absolute Gasteiger partial charge is 0.336 e. The summed E-state index contributed by atoms with van der Waals surface area (Å²) in [5, 5.41) is 9.02. The van der Waals surface area contributed by atoms with Gasteiger partial charge in [-0.15, -0.1) is 0 Å². The van der Waals surface area contributed by atoms with Gasteiger partial charge in [0.05, 0.1) is 5.56 Å². The fourth-order valence-electron chi connectivity index (χ4n) is 2.04. The minimum absolute atomic E-state index is 0.321. The summed E-state index contributed by atoms with van der Waals surface area (Å²) in [7, 11) is 0. The summed E-state index contributed by atoms with van der Waals surface area (Å²) in [6.07, 6.45) is 0. The normalized spacial score (nSPS) is 18.1. The molecule has 16 heavy (non-hydrogen) atoms. The van der Waals surface area contributed by atoms with Crippen LogP contribution in [0, 0.1) is 5.41 Å². The van der Waals surface area contributed by atoms with Crippen molar-refractivity contribution in [2.24, 2.45) is 5.41 Å². The van der Waals surface area contributed by atoms with Gasteiger partial charge in [0.1, 0.15) is 0 Å². The van der Waals surface area contributed by atoms with E-state index in [2.05, 4.69) is 34.7 Å². The van der Waals surface area contributed by atoms with E-state index in [4.69, 9.17) is 5.11 Å². The zero-order chi connectivity index (χ0) is 11.9. The Morgan fingerprint density at radius 1 is 1.44 bits per heavy atom. The molecule has 1 heterocycles. The third-order valence-corrected chi connectivity index (χ3v) is 3.47. The monoisotopic (exact) mass is 283 g/mol. The van der Waals surface area contributed by atoms with Crippen LogP contribution in [0.3, 0.4) is 0 Å². The summed E-state index contributed by atoms with van der Waals surface area (Å²) in [6.45, 7) is 6.38. The highest BCUT2D eigenvalue weighted by molar-refractivity contribution is 9.10. The van der Waals surface area contributed by atoms with E-state index in [-0.39, 0.29) is 0 Å². The van der Waals surface area contributed by atoms with E-state index in [0.29, 0.717) is 15.5 Å². The Labute approximate surface area is 103 Å². The van der Waals surface area contributed by atoms with Crippen molar-refractivity contribution in [2.45, 2.75) is 13.8 Å². The van der Waals surface area contributed by atoms with E-state index in [9.17, 15) is 4.79 Å². The molecule has 0 aliphatic carbocycles. The quantitative estimate of drug-likeness (QED) is 0.907. The molecular weight excluding hydrogens is 270 g/mol. The summed E-state index contributed by atoms with van der Waals surface area (Å²) in [5.41, 5.74) is 1.65. The minimum Gasteiger partial charge on any atom is -0.478 e. The van der Waals surface area contributed by atoms with Gasteiger partial charge in [-0.25, -0.2) is 4.79 Å². The number of anilines is 1. The highest BCUT2D eigenvalue weighted by Gasteiger charge is 2.34. The lowest BCUT2D eigenvalue weighted by Crippen LogP contribution is -2.53. The Morgan fingerprint density at radius 3 is 2.56 bits per heavy atom. The van der Waals surface area contributed by atoms with Crippen molar-refractivity contribution < 1.29 is 9.90 Å². The molecule has 1 aliphatic heterocycles. The van der Waals surface area contributed by atoms with Crippen LogP contribution in [0.4, 0.5) is 5.69 Å². The molecule has 1 aliphatic rings. The Bertz CT molecular complexity index is 435. The van der Waals surface area contributed by atoms with Gasteiger partial charge < -0.3 is 10.0 Å². The number of halogens is 1. The fourth-order valence-corrected chi connectivity index (χ4v) is 2.46. The van der Waals surface area contributed by atoms with Crippen LogP contribution in [0.1, 0.15) is 24.2 Å². The second-order valence-electron chi connectivity index (χ2n) is 4.99. The molecule has 1 saturated heterocycles. The van der Waals surface area contributed by atoms with Crippen molar-refractivity contribution in [1.82, 2.24) is 0 Å². The first-order chi connectivity index (χ1) is 7.39. The fraction of sp³-hybridized carbons (Fsp3) is 0.417. The lowest BCUT2D eigenvalue weighted by Gasteiger charge is -2.47. The van der Waals surface area contributed by atoms with Crippen LogP contribution in [0.15, 0.2) is 22.7 Å². The Kier molecular flexibility index (Phi) is 2.70. The Hall–Kier alpha value is -1.03. The van der Waals surface area contributed by atoms with Crippen LogP contribution in [0.2, 0.25) is 0 Å². The van der Waals surface area contributed by atoms with Crippen LogP contribution in [-0.2, 0) is 0 Å². The van der Waals surface area contributed by atoms with Crippen LogP contribution in [-0.4, -0.2) is 24.2 Å². The van der Waals surface area contributed by atoms with Gasteiger partial charge in [0.2, 0.25) is 0 Å². The molecule has 0 spiro atoms. The third-order valence-electron chi connectivity index (χ3n) is 2.78. The zero-order valence-corrected chi connectivity index (χ0v) is 10.9. The van der Waals surface area contributed by atoms with E-state index in [0.717, 1.165) is 18.8 Å². The average molecular weight is 284 g/mol. The van der Waals surface area contributed by atoms with Crippen molar-refractivity contribution in [2.75, 3.05) is 18.0 Å². The van der Waals surface area contributed by atoms with Gasteiger partial charge in [-0.05, 0) is 39.5 Å². The topological polar surface area (TPSA) is 40.5 Å². The van der Waals surface area contributed by atoms with E-state index in [1.54, 1.807) is 12.1 Å². The molecule has 3 nitrogen and oxygen atoms in total. The van der Waals surface area contributed by atoms with E-state index < -0.39 is 5.97 Å². The minimum atomic E-state index is -0.895. The molecule has 0 aromatic heterocycles. The van der Waals surface area contributed by atoms with Crippen molar-refractivity contribution in [3.8, 4) is 0 Å². The lowest BCUT2D eigenvalue weighted by molar-refractivity contribution is 0.0696. The van der Waals surface area contributed by atoms with Gasteiger partial charge in [-0.1, -0.05) is 13.8 Å². The van der Waals surface area contributed by atoms with Crippen LogP contribution in [0.25, 0.3) is 0 Å². The number of rotatable bonds is 2. The molecule has 0 amide bonds. The third kappa shape index (κ3) is 2.07. The van der Waals surface area contributed by atoms with E-state index in [1.807, 2.05) is 6.07 Å². The first kappa shape index (κ1) is 11.5. The summed E-state index contributed by atoms with van der Waals surface area (Å²) >= 11 is 3.24. The molecule has 1 N–H and O–H groups in total. The number of aromatic carboxylic acids is 1. The van der Waals surface area contributed by atoms with Crippen molar-refractivity contribution in [1.29, 1.82) is 0 Å². The number of hydrogen-bond acceptors (Lipinski definition) is 2. The van der Waals surface area contributed by atoms with Crippen LogP contribution < -0.4 is 4.90 Å². The van der Waals surface area contributed by atoms with Gasteiger partial charge in [-0.3, -0.25) is 0 Å². The number of benzene rings is 1. The predicted octanol–water partition coefficient (Wildman–Crippen LogP) is 2.99. The summed E-state index contributed by atoms with van der Waals surface area (Å²) in [4.78, 5) is 13.2. The van der Waals surface area contributed by atoms with Crippen molar-refractivity contribution in [3.05, 3.63) is 28.2 Å². The molecule has 86 valence electrons. The maximum atomic E-state index is 11.0. The molecule has 0 bridgehead atoms. The number of carbonyl (C=O) groups is 1. The van der Waals surface area contributed by atoms with Crippen LogP contribution in [0.5, 0.6) is 0 Å². The van der Waals surface area contributed by atoms with Gasteiger partial charge in [-0.2, -0.15) is 0 Å². The molecule has 0 radical (unpaired) electrons. The summed E-state index contributed by atoms with van der Waals surface area (Å²) < 4.78 is 0.628. The van der Waals surface area contributed by atoms with Gasteiger partial charge in [0, 0.05) is 23.2 Å². The molecule has 4 heteroatoms. The molecule has 0 atom stereocenters. The SMILES string of the molecule is CC1(C)CN(c2ccc(Br)c(C(=O)O)c2)C1. The Morgan fingerprint density at radius 2 is 2.06 bits per heavy atom. The summed E-state index contributed by atoms with van der Waals surface area (Å²) in [6, 6.07) is 5.47. The van der Waals surface area contributed by atoms with E-state index >= 15 is 0 Å². The number of nitrogens with zero attached hydrogens (tertiary/aromatic N) is 1. The first-order valence-electron chi connectivity index (χ1n) is 5.17. The maximum absolute atomic E-state index is 11.0. The first-order valence-corrected chi connectivity index (χ1v) is 5.96. The van der Waals surface area contributed by atoms with Crippen molar-refractivity contribution >= 4 is 27.6 Å². The molecular formula is C12H14BrNO2. The second kappa shape index (κ2) is 3.77. The largest absolute Gasteiger partial charge is 0.478 e. The van der Waals surface area contributed by atoms with Crippen LogP contribution >= 0.6 is 15.9 Å². The number of hydrogen-bond donors (Lipinski definition) is 1. The Balaban J connectivity index is 2.24. The molecule has 0 saturated carbocycles. The number of carboxylic acids is 1. The van der Waals surface area contributed by atoms with Gasteiger partial charge in [0.15, 0.2) is 0 Å². The lowest BCUT2D eigenvalue weighted by atomic mass is 9.84. The molecule has 2 rings (SSSR count). The van der Waals surface area contributed by atoms with Gasteiger partial charge in [0.25, 0.3) is 0 Å². The van der Waals surface area contributed by atoms with E-state index in [1.165, 1.54) is 0 Å². The number of carboxylic acid groups (broad SMARTS) is 1. The highest BCUT2D eigenvalue weighted by atomic mass is 79.9. The maximum Gasteiger partial charge on any atom is 0.336 e. The highest BCUT2D eigenvalue weighted by Crippen LogP contribution is 2.34. The zero-order valence-electron chi connectivity index (χ0n) is 9.33. The predicted molar refractivity (Wildman–Crippen MR) is 67.1 cm³/mol. The van der Waals surface area contributed by atoms with Crippen molar-refractivity contribution in [3.63, 3.8) is 0 Å². The standard InChI is InChI=1S/C12H14BrNO2/c1-12(2)6-14(7-12)8-3-4-10(13)9(5-8)11(15)16/h3-5H,6-7H2,1-2H3,(H,15,16). The average Bonchev–Trinajstić information content (AvgIpc) is 2.14. The second-order valence-corrected chi connectivity index (χ2v) is 5.84. The summed E-state index contributed by atoms with van der Waals surface area (Å²) in [5.74, 6) is -0.895. The molecule has 1 fully saturated rings. The van der Waals surface area contributed by atoms with Gasteiger partial charge >= 0.3 is 5.97 Å².